The van der Waals surface area contributed by atoms with Gasteiger partial charge in [0.1, 0.15) is 11.6 Å². The number of guanidine groups is 1. The Kier molecular flexibility index (Phi) is 3.97. The number of benzene rings is 1. The molecule has 5 nitrogen and oxygen atoms in total. The minimum Gasteiger partial charge on any atom is -0.370 e. The van der Waals surface area contributed by atoms with Gasteiger partial charge >= 0.3 is 6.03 Å². The maximum atomic E-state index is 13.3. The number of amides is 2. The van der Waals surface area contributed by atoms with Gasteiger partial charge in [-0.2, -0.15) is 0 Å². The SMILES string of the molecule is CN=C(N)NC(=O)Nc1c(C)cc(F)cc1F. The lowest BCUT2D eigenvalue weighted by Gasteiger charge is -2.10. The molecule has 0 atom stereocenters. The molecule has 0 spiro atoms. The third-order valence-electron chi connectivity index (χ3n) is 1.97. The van der Waals surface area contributed by atoms with Crippen LogP contribution in [-0.2, 0) is 0 Å². The largest absolute Gasteiger partial charge is 0.370 e. The maximum Gasteiger partial charge on any atom is 0.326 e. The van der Waals surface area contributed by atoms with Crippen LogP contribution in [0.5, 0.6) is 0 Å². The molecule has 0 fully saturated rings. The molecule has 92 valence electrons. The van der Waals surface area contributed by atoms with Gasteiger partial charge in [-0.3, -0.25) is 10.3 Å². The number of hydrogen-bond acceptors (Lipinski definition) is 2. The van der Waals surface area contributed by atoms with Crippen LogP contribution in [0.3, 0.4) is 0 Å². The average molecular weight is 242 g/mol. The van der Waals surface area contributed by atoms with Crippen molar-refractivity contribution in [1.82, 2.24) is 5.32 Å². The van der Waals surface area contributed by atoms with Gasteiger partial charge in [-0.25, -0.2) is 13.6 Å². The summed E-state index contributed by atoms with van der Waals surface area (Å²) in [6, 6.07) is 1.04. The maximum absolute atomic E-state index is 13.3. The standard InChI is InChI=1S/C10H12F2N4O/c1-5-3-6(11)4-7(12)8(5)15-10(17)16-9(13)14-2/h3-4H,1-2H3,(H4,13,14,15,16,17). The number of hydrogen-bond donors (Lipinski definition) is 3. The first kappa shape index (κ1) is 12.9. The number of aliphatic imine (C=N–C) groups is 1. The highest BCUT2D eigenvalue weighted by atomic mass is 19.1. The van der Waals surface area contributed by atoms with Crippen molar-refractivity contribution in [3.8, 4) is 0 Å². The van der Waals surface area contributed by atoms with Crippen LogP contribution < -0.4 is 16.4 Å². The zero-order valence-corrected chi connectivity index (χ0v) is 9.34. The van der Waals surface area contributed by atoms with E-state index in [0.717, 1.165) is 6.07 Å². The first-order chi connectivity index (χ1) is 7.93. The van der Waals surface area contributed by atoms with Crippen molar-refractivity contribution in [3.63, 3.8) is 0 Å². The Labute approximate surface area is 96.7 Å². The quantitative estimate of drug-likeness (QED) is 0.513. The van der Waals surface area contributed by atoms with Gasteiger partial charge in [-0.1, -0.05) is 0 Å². The topological polar surface area (TPSA) is 79.5 Å². The van der Waals surface area contributed by atoms with Crippen LogP contribution in [0.2, 0.25) is 0 Å². The number of anilines is 1. The highest BCUT2D eigenvalue weighted by molar-refractivity contribution is 6.02. The van der Waals surface area contributed by atoms with Gasteiger partial charge in [0.2, 0.25) is 0 Å². The highest BCUT2D eigenvalue weighted by Crippen LogP contribution is 2.20. The van der Waals surface area contributed by atoms with Crippen LogP contribution in [0.1, 0.15) is 5.56 Å². The number of nitrogens with two attached hydrogens (primary N) is 1. The van der Waals surface area contributed by atoms with Crippen LogP contribution in [0.4, 0.5) is 19.3 Å². The number of halogens is 2. The van der Waals surface area contributed by atoms with Gasteiger partial charge < -0.3 is 11.1 Å². The second kappa shape index (κ2) is 5.24. The summed E-state index contributed by atoms with van der Waals surface area (Å²) in [5, 5.41) is 4.38. The summed E-state index contributed by atoms with van der Waals surface area (Å²) in [6.45, 7) is 1.47. The van der Waals surface area contributed by atoms with Gasteiger partial charge in [0.05, 0.1) is 5.69 Å². The molecule has 0 unspecified atom stereocenters. The molecule has 7 heteroatoms. The first-order valence-electron chi connectivity index (χ1n) is 4.70. The smallest absolute Gasteiger partial charge is 0.326 e. The van der Waals surface area contributed by atoms with E-state index >= 15 is 0 Å². The molecule has 0 aliphatic carbocycles. The van der Waals surface area contributed by atoms with E-state index < -0.39 is 17.7 Å². The second-order valence-electron chi connectivity index (χ2n) is 3.27. The summed E-state index contributed by atoms with van der Waals surface area (Å²) < 4.78 is 26.1. The summed E-state index contributed by atoms with van der Waals surface area (Å²) in [7, 11) is 1.39. The first-order valence-corrected chi connectivity index (χ1v) is 4.70. The van der Waals surface area contributed by atoms with Crippen molar-refractivity contribution in [1.29, 1.82) is 0 Å². The van der Waals surface area contributed by atoms with E-state index in [1.807, 2.05) is 0 Å². The molecule has 1 aromatic rings. The Bertz CT molecular complexity index is 450. The summed E-state index contributed by atoms with van der Waals surface area (Å²) in [6.07, 6.45) is 0. The molecule has 0 aliphatic rings. The van der Waals surface area contributed by atoms with Gasteiger partial charge in [0.15, 0.2) is 5.96 Å². The molecule has 17 heavy (non-hydrogen) atoms. The Morgan fingerprint density at radius 2 is 2.06 bits per heavy atom. The summed E-state index contributed by atoms with van der Waals surface area (Å²) in [5.74, 6) is -1.67. The van der Waals surface area contributed by atoms with Crippen LogP contribution in [0.15, 0.2) is 17.1 Å². The van der Waals surface area contributed by atoms with E-state index in [4.69, 9.17) is 5.73 Å². The number of carbonyl (C=O) groups is 1. The predicted octanol–water partition coefficient (Wildman–Crippen LogP) is 1.34. The zero-order valence-electron chi connectivity index (χ0n) is 9.34. The summed E-state index contributed by atoms with van der Waals surface area (Å²) in [5.41, 5.74) is 5.42. The van der Waals surface area contributed by atoms with Gasteiger partial charge in [0, 0.05) is 13.1 Å². The Hall–Kier alpha value is -2.18. The summed E-state index contributed by atoms with van der Waals surface area (Å²) in [4.78, 5) is 14.8. The molecule has 0 heterocycles. The number of nitrogens with one attached hydrogen (secondary N) is 2. The fraction of sp³-hybridized carbons (Fsp3) is 0.200. The molecule has 0 aromatic heterocycles. The molecule has 4 N–H and O–H groups in total. The highest BCUT2D eigenvalue weighted by Gasteiger charge is 2.11. The van der Waals surface area contributed by atoms with E-state index in [2.05, 4.69) is 15.6 Å². The number of carbonyl (C=O) groups excluding carboxylic acids is 1. The van der Waals surface area contributed by atoms with Crippen molar-refractivity contribution in [2.24, 2.45) is 10.7 Å². The molecule has 0 bridgehead atoms. The number of nitrogens with zero attached hydrogens (tertiary/aromatic N) is 1. The Morgan fingerprint density at radius 3 is 2.59 bits per heavy atom. The van der Waals surface area contributed by atoms with E-state index in [0.29, 0.717) is 6.07 Å². The van der Waals surface area contributed by atoms with Crippen molar-refractivity contribution in [2.75, 3.05) is 12.4 Å². The van der Waals surface area contributed by atoms with Crippen LogP contribution in [0, 0.1) is 18.6 Å². The lowest BCUT2D eigenvalue weighted by atomic mass is 10.2. The molecule has 1 aromatic carbocycles. The number of urea groups is 1. The zero-order chi connectivity index (χ0) is 13.0. The second-order valence-corrected chi connectivity index (χ2v) is 3.27. The number of aryl methyl sites for hydroxylation is 1. The monoisotopic (exact) mass is 242 g/mol. The van der Waals surface area contributed by atoms with Crippen molar-refractivity contribution in [2.45, 2.75) is 6.92 Å². The van der Waals surface area contributed by atoms with Crippen LogP contribution >= 0.6 is 0 Å². The normalized spacial score (nSPS) is 11.2. The molecule has 0 saturated heterocycles. The van der Waals surface area contributed by atoms with Crippen molar-refractivity contribution >= 4 is 17.7 Å². The lowest BCUT2D eigenvalue weighted by Crippen LogP contribution is -2.39. The van der Waals surface area contributed by atoms with Crippen LogP contribution in [-0.4, -0.2) is 19.0 Å². The van der Waals surface area contributed by atoms with Crippen molar-refractivity contribution < 1.29 is 13.6 Å². The summed E-state index contributed by atoms with van der Waals surface area (Å²) >= 11 is 0. The van der Waals surface area contributed by atoms with Gasteiger partial charge in [-0.05, 0) is 18.6 Å². The Balaban J connectivity index is 2.85. The average Bonchev–Trinajstić information content (AvgIpc) is 2.23. The lowest BCUT2D eigenvalue weighted by molar-refractivity contribution is 0.256. The van der Waals surface area contributed by atoms with E-state index in [-0.39, 0.29) is 17.2 Å². The van der Waals surface area contributed by atoms with E-state index in [1.54, 1.807) is 0 Å². The van der Waals surface area contributed by atoms with E-state index in [9.17, 15) is 13.6 Å². The minimum absolute atomic E-state index is 0.104. The molecule has 2 amide bonds. The molecular weight excluding hydrogens is 230 g/mol. The third-order valence-corrected chi connectivity index (χ3v) is 1.97. The molecule has 0 radical (unpaired) electrons. The van der Waals surface area contributed by atoms with E-state index in [1.165, 1.54) is 14.0 Å². The number of rotatable bonds is 1. The molecule has 0 aliphatic heterocycles. The van der Waals surface area contributed by atoms with Crippen LogP contribution in [0.25, 0.3) is 0 Å². The van der Waals surface area contributed by atoms with Crippen molar-refractivity contribution in [3.05, 3.63) is 29.3 Å². The molecule has 0 saturated carbocycles. The van der Waals surface area contributed by atoms with Gasteiger partial charge in [-0.15, -0.1) is 0 Å². The fourth-order valence-electron chi connectivity index (χ4n) is 1.18. The minimum atomic E-state index is -0.857. The Morgan fingerprint density at radius 1 is 1.41 bits per heavy atom. The predicted molar refractivity (Wildman–Crippen MR) is 60.8 cm³/mol. The third kappa shape index (κ3) is 3.40. The fourth-order valence-corrected chi connectivity index (χ4v) is 1.18. The molecule has 1 rings (SSSR count). The molecular formula is C10H12F2N4O. The van der Waals surface area contributed by atoms with Gasteiger partial charge in [0.25, 0.3) is 0 Å².